The van der Waals surface area contributed by atoms with Gasteiger partial charge in [-0.1, -0.05) is 241 Å². The Labute approximate surface area is 490 Å². The number of ether oxygens (including phenoxy) is 3. The predicted octanol–water partition coefficient (Wildman–Crippen LogP) is 19.8. The normalized spacial score (nSPS) is 13.8. The van der Waals surface area contributed by atoms with Crippen molar-refractivity contribution in [3.8, 4) is 0 Å². The minimum Gasteiger partial charge on any atom is -0.462 e. The molecule has 462 valence electrons. The van der Waals surface area contributed by atoms with E-state index in [0.29, 0.717) is 19.3 Å². The fraction of sp³-hybridized carbons (Fsp3) is 0.750. The van der Waals surface area contributed by atoms with Gasteiger partial charge < -0.3 is 24.2 Å². The Kier molecular flexibility index (Phi) is 59.1. The number of allylic oxidation sites excluding steroid dienone is 14. The van der Waals surface area contributed by atoms with Crippen LogP contribution < -0.4 is 0 Å². The van der Waals surface area contributed by atoms with Gasteiger partial charge in [-0.25, -0.2) is 4.57 Å². The van der Waals surface area contributed by atoms with Crippen LogP contribution >= 0.6 is 7.82 Å². The molecular formula is C68H119O11P. The molecule has 0 aromatic heterocycles. The first-order valence-corrected chi connectivity index (χ1v) is 34.0. The van der Waals surface area contributed by atoms with Gasteiger partial charge in [0.15, 0.2) is 6.10 Å². The van der Waals surface area contributed by atoms with Gasteiger partial charge in [-0.05, 0) is 116 Å². The zero-order valence-electron chi connectivity index (χ0n) is 51.3. The predicted molar refractivity (Wildman–Crippen MR) is 334 cm³/mol. The summed E-state index contributed by atoms with van der Waals surface area (Å²) in [5, 5.41) is 9.86. The molecule has 12 heteroatoms. The smallest absolute Gasteiger partial charge is 0.462 e. The minimum atomic E-state index is -4.77. The van der Waals surface area contributed by atoms with Gasteiger partial charge in [0.05, 0.1) is 19.8 Å². The first-order valence-electron chi connectivity index (χ1n) is 32.5. The third kappa shape index (κ3) is 59.3. The third-order valence-corrected chi connectivity index (χ3v) is 14.7. The van der Waals surface area contributed by atoms with Crippen LogP contribution in [0.4, 0.5) is 0 Å². The van der Waals surface area contributed by atoms with Crippen LogP contribution in [0.3, 0.4) is 0 Å². The Morgan fingerprint density at radius 1 is 0.362 bits per heavy atom. The highest BCUT2D eigenvalue weighted by molar-refractivity contribution is 7.47. The number of phosphoric ester groups is 1. The van der Waals surface area contributed by atoms with Crippen molar-refractivity contribution < 1.29 is 52.2 Å². The van der Waals surface area contributed by atoms with Crippen molar-refractivity contribution in [3.05, 3.63) is 85.1 Å². The van der Waals surface area contributed by atoms with E-state index in [1.54, 1.807) is 0 Å². The number of carbonyl (C=O) groups excluding carboxylic acids is 3. The molecule has 0 aliphatic rings. The number of aliphatic hydroxyl groups is 1. The maximum Gasteiger partial charge on any atom is 0.472 e. The highest BCUT2D eigenvalue weighted by Gasteiger charge is 2.28. The lowest BCUT2D eigenvalue weighted by Crippen LogP contribution is -2.30. The molecule has 0 heterocycles. The Morgan fingerprint density at radius 3 is 1.02 bits per heavy atom. The van der Waals surface area contributed by atoms with E-state index in [0.717, 1.165) is 109 Å². The van der Waals surface area contributed by atoms with Crippen LogP contribution in [0.25, 0.3) is 0 Å². The number of hydrogen-bond donors (Lipinski definition) is 2. The quantitative estimate of drug-likeness (QED) is 0.0197. The lowest BCUT2D eigenvalue weighted by atomic mass is 10.1. The number of carbonyl (C=O) groups is 3. The van der Waals surface area contributed by atoms with Crippen molar-refractivity contribution in [3.63, 3.8) is 0 Å². The molecule has 11 nitrogen and oxygen atoms in total. The van der Waals surface area contributed by atoms with Crippen LogP contribution in [0.15, 0.2) is 85.1 Å². The van der Waals surface area contributed by atoms with Crippen molar-refractivity contribution in [1.82, 2.24) is 0 Å². The summed E-state index contributed by atoms with van der Waals surface area (Å²) in [6, 6.07) is 0. The Hall–Kier alpha value is -3.34. The van der Waals surface area contributed by atoms with Crippen LogP contribution in [0, 0.1) is 0 Å². The Bertz CT molecular complexity index is 1670. The van der Waals surface area contributed by atoms with Gasteiger partial charge in [-0.15, -0.1) is 0 Å². The van der Waals surface area contributed by atoms with E-state index >= 15 is 0 Å². The topological polar surface area (TPSA) is 155 Å². The summed E-state index contributed by atoms with van der Waals surface area (Å²) in [6.45, 7) is 4.51. The second-order valence-corrected chi connectivity index (χ2v) is 23.0. The van der Waals surface area contributed by atoms with Crippen LogP contribution in [0.5, 0.6) is 0 Å². The van der Waals surface area contributed by atoms with Crippen LogP contribution in [-0.2, 0) is 42.2 Å². The minimum absolute atomic E-state index is 0.125. The summed E-state index contributed by atoms with van der Waals surface area (Å²) in [5.41, 5.74) is 0. The third-order valence-electron chi connectivity index (χ3n) is 13.8. The molecule has 2 N–H and O–H groups in total. The lowest BCUT2D eigenvalue weighted by molar-refractivity contribution is -0.161. The second kappa shape index (κ2) is 61.7. The molecule has 3 unspecified atom stereocenters. The van der Waals surface area contributed by atoms with Crippen molar-refractivity contribution in [1.29, 1.82) is 0 Å². The number of esters is 3. The molecule has 80 heavy (non-hydrogen) atoms. The molecule has 0 rings (SSSR count). The van der Waals surface area contributed by atoms with E-state index in [1.807, 2.05) is 0 Å². The zero-order valence-corrected chi connectivity index (χ0v) is 52.2. The standard InChI is InChI=1S/C68H119O11P/c1-4-7-10-13-16-19-22-25-28-30-32-34-37-40-43-46-49-52-55-58-67(71)78-64(60-69)62-76-80(73,74)77-63-65(61-75-66(70)57-54-51-48-45-42-39-36-27-24-21-18-15-12-9-6-3)79-68(72)59-56-53-50-47-44-41-38-35-33-31-29-26-23-20-17-14-11-8-5-2/h8,11,17,20,25-29,33,35-36,41,44,64-65,69H,4-7,9-10,12-16,18-19,21-24,30-32,34,37-40,42-43,45-63H2,1-3H3,(H,73,74)/b11-8-,20-17-,28-25-,29-26-,35-33-,36-27-,44-41-. The SMILES string of the molecule is CC/C=C\C/C=C\C/C=C\C/C=C\C/C=C\CCCCCC(=O)OC(COC(=O)CCCCCCC/C=C\CCCCCCCC)COP(=O)(O)OCC(CO)OC(=O)CCCCCCCCCCC/C=C\CCCCCCCC. The molecule has 0 saturated heterocycles. The van der Waals surface area contributed by atoms with Crippen LogP contribution in [-0.4, -0.2) is 66.5 Å². The molecule has 0 aliphatic heterocycles. The van der Waals surface area contributed by atoms with E-state index in [1.165, 1.54) is 122 Å². The number of aliphatic hydroxyl groups excluding tert-OH is 1. The molecule has 0 fully saturated rings. The van der Waals surface area contributed by atoms with E-state index < -0.39 is 57.8 Å². The van der Waals surface area contributed by atoms with E-state index in [-0.39, 0.29) is 25.9 Å². The molecule has 0 radical (unpaired) electrons. The first-order chi connectivity index (χ1) is 39.2. The molecule has 0 amide bonds. The fourth-order valence-electron chi connectivity index (χ4n) is 8.84. The summed E-state index contributed by atoms with van der Waals surface area (Å²) in [6.07, 6.45) is 72.5. The van der Waals surface area contributed by atoms with E-state index in [4.69, 9.17) is 23.3 Å². The van der Waals surface area contributed by atoms with Crippen molar-refractivity contribution in [2.45, 2.75) is 303 Å². The zero-order chi connectivity index (χ0) is 58.3. The van der Waals surface area contributed by atoms with Gasteiger partial charge in [0.2, 0.25) is 0 Å². The number of rotatable bonds is 60. The fourth-order valence-corrected chi connectivity index (χ4v) is 9.63. The van der Waals surface area contributed by atoms with Crippen molar-refractivity contribution in [2.24, 2.45) is 0 Å². The summed E-state index contributed by atoms with van der Waals surface area (Å²) in [7, 11) is -4.77. The molecular weight excluding hydrogens is 1020 g/mol. The molecule has 0 saturated carbocycles. The molecule has 0 aromatic carbocycles. The maximum absolute atomic E-state index is 13.0. The van der Waals surface area contributed by atoms with E-state index in [9.17, 15) is 28.9 Å². The van der Waals surface area contributed by atoms with Crippen molar-refractivity contribution >= 4 is 25.7 Å². The van der Waals surface area contributed by atoms with E-state index in [2.05, 4.69) is 106 Å². The van der Waals surface area contributed by atoms with Gasteiger partial charge in [-0.3, -0.25) is 23.4 Å². The second-order valence-electron chi connectivity index (χ2n) is 21.5. The molecule has 0 bridgehead atoms. The summed E-state index contributed by atoms with van der Waals surface area (Å²) in [5.74, 6) is -1.51. The molecule has 3 atom stereocenters. The highest BCUT2D eigenvalue weighted by Crippen LogP contribution is 2.43. The average molecular weight is 1140 g/mol. The molecule has 0 aliphatic carbocycles. The average Bonchev–Trinajstić information content (AvgIpc) is 3.45. The number of phosphoric acid groups is 1. The Morgan fingerprint density at radius 2 is 0.650 bits per heavy atom. The van der Waals surface area contributed by atoms with Gasteiger partial charge in [-0.2, -0.15) is 0 Å². The molecule has 0 aromatic rings. The van der Waals surface area contributed by atoms with Gasteiger partial charge in [0.25, 0.3) is 0 Å². The van der Waals surface area contributed by atoms with Crippen molar-refractivity contribution in [2.75, 3.05) is 26.4 Å². The molecule has 0 spiro atoms. The first kappa shape index (κ1) is 76.7. The van der Waals surface area contributed by atoms with Gasteiger partial charge in [0.1, 0.15) is 12.7 Å². The summed E-state index contributed by atoms with van der Waals surface area (Å²) in [4.78, 5) is 48.7. The number of hydrogen-bond acceptors (Lipinski definition) is 10. The maximum atomic E-state index is 13.0. The summed E-state index contributed by atoms with van der Waals surface area (Å²) < 4.78 is 39.7. The van der Waals surface area contributed by atoms with Crippen LogP contribution in [0.1, 0.15) is 290 Å². The monoisotopic (exact) mass is 1140 g/mol. The lowest BCUT2D eigenvalue weighted by Gasteiger charge is -2.21. The summed E-state index contributed by atoms with van der Waals surface area (Å²) >= 11 is 0. The van der Waals surface area contributed by atoms with Gasteiger partial charge >= 0.3 is 25.7 Å². The van der Waals surface area contributed by atoms with Crippen LogP contribution in [0.2, 0.25) is 0 Å². The Balaban J connectivity index is 4.73. The van der Waals surface area contributed by atoms with Gasteiger partial charge in [0, 0.05) is 19.3 Å². The number of unbranched alkanes of at least 4 members (excludes halogenated alkanes) is 29. The highest BCUT2D eigenvalue weighted by atomic mass is 31.2. The largest absolute Gasteiger partial charge is 0.472 e.